The minimum absolute atomic E-state index is 0.559. The Bertz CT molecular complexity index is 336. The maximum absolute atomic E-state index is 6.03. The number of benzene rings is 1. The molecule has 1 radical (unpaired) electrons. The van der Waals surface area contributed by atoms with E-state index in [4.69, 9.17) is 58.0 Å². The Morgan fingerprint density at radius 1 is 1.00 bits per heavy atom. The molecule has 0 amide bonds. The van der Waals surface area contributed by atoms with Gasteiger partial charge in [0, 0.05) is 0 Å². The van der Waals surface area contributed by atoms with Crippen molar-refractivity contribution in [2.24, 2.45) is 0 Å². The van der Waals surface area contributed by atoms with Gasteiger partial charge < -0.3 is 0 Å². The van der Waals surface area contributed by atoms with Crippen LogP contribution >= 0.6 is 58.0 Å². The average molecular weight is 319 g/mol. The molecule has 5 heteroatoms. The molecule has 16 heavy (non-hydrogen) atoms. The summed E-state index contributed by atoms with van der Waals surface area (Å²) in [6.07, 6.45) is 3.03. The van der Waals surface area contributed by atoms with E-state index in [1.54, 1.807) is 12.1 Å². The van der Waals surface area contributed by atoms with Gasteiger partial charge in [-0.2, -0.15) is 0 Å². The van der Waals surface area contributed by atoms with Gasteiger partial charge in [0.1, 0.15) is 0 Å². The SMILES string of the molecule is CC[CH]c1ccc(C(Cl)(Cl)C(Cl)(Cl)Cl)cc1. The van der Waals surface area contributed by atoms with Gasteiger partial charge in [0.25, 0.3) is 0 Å². The molecule has 0 nitrogen and oxygen atoms in total. The first kappa shape index (κ1) is 14.7. The van der Waals surface area contributed by atoms with Crippen molar-refractivity contribution in [3.8, 4) is 0 Å². The van der Waals surface area contributed by atoms with Crippen molar-refractivity contribution >= 4 is 58.0 Å². The average Bonchev–Trinajstić information content (AvgIpc) is 2.17. The van der Waals surface area contributed by atoms with E-state index in [2.05, 4.69) is 13.3 Å². The highest BCUT2D eigenvalue weighted by Gasteiger charge is 2.47. The summed E-state index contributed by atoms with van der Waals surface area (Å²) in [7, 11) is 0. The largest absolute Gasteiger partial charge is 0.227 e. The summed E-state index contributed by atoms with van der Waals surface area (Å²) >= 11 is 29.2. The lowest BCUT2D eigenvalue weighted by Gasteiger charge is -2.27. The van der Waals surface area contributed by atoms with Crippen LogP contribution in [0.1, 0.15) is 24.5 Å². The summed E-state index contributed by atoms with van der Waals surface area (Å²) in [5.74, 6) is 0. The predicted octanol–water partition coefficient (Wildman–Crippen LogP) is 5.65. The molecular weight excluding hydrogens is 309 g/mol. The van der Waals surface area contributed by atoms with E-state index >= 15 is 0 Å². The van der Waals surface area contributed by atoms with Crippen LogP contribution in [0, 0.1) is 6.42 Å². The minimum atomic E-state index is -1.77. The van der Waals surface area contributed by atoms with Crippen LogP contribution in [0.5, 0.6) is 0 Å². The molecule has 89 valence electrons. The van der Waals surface area contributed by atoms with Gasteiger partial charge in [0.15, 0.2) is 4.33 Å². The fourth-order valence-corrected chi connectivity index (χ4v) is 1.81. The third-order valence-corrected chi connectivity index (χ3v) is 4.50. The fourth-order valence-electron chi connectivity index (χ4n) is 1.23. The Morgan fingerprint density at radius 3 is 1.88 bits per heavy atom. The molecule has 0 heterocycles. The van der Waals surface area contributed by atoms with E-state index in [9.17, 15) is 0 Å². The lowest BCUT2D eigenvalue weighted by Crippen LogP contribution is -2.28. The Labute approximate surface area is 121 Å². The summed E-state index contributed by atoms with van der Waals surface area (Å²) in [4.78, 5) is 0. The summed E-state index contributed by atoms with van der Waals surface area (Å²) in [6.45, 7) is 2.06. The van der Waals surface area contributed by atoms with E-state index < -0.39 is 8.13 Å². The van der Waals surface area contributed by atoms with Crippen molar-refractivity contribution in [3.63, 3.8) is 0 Å². The van der Waals surface area contributed by atoms with Crippen LogP contribution in [0.15, 0.2) is 24.3 Å². The van der Waals surface area contributed by atoms with E-state index in [1.165, 1.54) is 0 Å². The molecule has 0 N–H and O–H groups in total. The second-order valence-corrected chi connectivity index (χ2v) is 6.92. The first-order valence-corrected chi connectivity index (χ1v) is 6.56. The van der Waals surface area contributed by atoms with Crippen LogP contribution in [0.3, 0.4) is 0 Å². The lowest BCUT2D eigenvalue weighted by atomic mass is 10.1. The Balaban J connectivity index is 2.97. The van der Waals surface area contributed by atoms with Crippen LogP contribution < -0.4 is 0 Å². The first-order chi connectivity index (χ1) is 7.29. The lowest BCUT2D eigenvalue weighted by molar-refractivity contribution is 0.877. The van der Waals surface area contributed by atoms with Crippen LogP contribution in [-0.4, -0.2) is 3.79 Å². The molecule has 1 rings (SSSR count). The highest BCUT2D eigenvalue weighted by molar-refractivity contribution is 6.75. The molecular formula is C11H10Cl5. The quantitative estimate of drug-likeness (QED) is 0.632. The highest BCUT2D eigenvalue weighted by Crippen LogP contribution is 2.52. The number of rotatable bonds is 3. The van der Waals surface area contributed by atoms with E-state index in [0.717, 1.165) is 12.0 Å². The van der Waals surface area contributed by atoms with Gasteiger partial charge in [-0.25, -0.2) is 0 Å². The third-order valence-electron chi connectivity index (χ3n) is 2.07. The molecule has 0 unspecified atom stereocenters. The Kier molecular flexibility index (Phi) is 5.10. The second-order valence-electron chi connectivity index (χ2n) is 3.31. The zero-order valence-electron chi connectivity index (χ0n) is 8.48. The molecule has 1 aromatic rings. The predicted molar refractivity (Wildman–Crippen MR) is 73.8 cm³/mol. The van der Waals surface area contributed by atoms with Gasteiger partial charge in [-0.3, -0.25) is 0 Å². The molecule has 0 aliphatic heterocycles. The van der Waals surface area contributed by atoms with Gasteiger partial charge in [-0.05, 0) is 24.0 Å². The highest BCUT2D eigenvalue weighted by atomic mass is 35.6. The smallest absolute Gasteiger partial charge is 0.0915 e. The van der Waals surface area contributed by atoms with Gasteiger partial charge in [0.05, 0.1) is 0 Å². The second kappa shape index (κ2) is 5.54. The van der Waals surface area contributed by atoms with E-state index in [0.29, 0.717) is 5.56 Å². The molecule has 0 bridgehead atoms. The molecule has 0 spiro atoms. The van der Waals surface area contributed by atoms with Gasteiger partial charge >= 0.3 is 0 Å². The molecule has 0 fully saturated rings. The molecule has 0 aromatic heterocycles. The molecule has 0 aliphatic rings. The number of halogens is 5. The van der Waals surface area contributed by atoms with Crippen molar-refractivity contribution < 1.29 is 0 Å². The molecule has 0 saturated heterocycles. The van der Waals surface area contributed by atoms with Crippen molar-refractivity contribution in [2.45, 2.75) is 21.5 Å². The van der Waals surface area contributed by atoms with Gasteiger partial charge in [-0.1, -0.05) is 89.2 Å². The normalized spacial score (nSPS) is 12.9. The van der Waals surface area contributed by atoms with Gasteiger partial charge in [-0.15, -0.1) is 0 Å². The van der Waals surface area contributed by atoms with Crippen molar-refractivity contribution in [1.82, 2.24) is 0 Å². The summed E-state index contributed by atoms with van der Waals surface area (Å²) in [5.41, 5.74) is 1.64. The molecule has 0 atom stereocenters. The number of alkyl halides is 5. The molecule has 0 aliphatic carbocycles. The third kappa shape index (κ3) is 3.34. The van der Waals surface area contributed by atoms with Crippen LogP contribution in [0.2, 0.25) is 0 Å². The maximum atomic E-state index is 6.03. The maximum Gasteiger partial charge on any atom is 0.227 e. The zero-order valence-corrected chi connectivity index (χ0v) is 12.3. The van der Waals surface area contributed by atoms with Crippen LogP contribution in [0.4, 0.5) is 0 Å². The van der Waals surface area contributed by atoms with Crippen molar-refractivity contribution in [2.75, 3.05) is 0 Å². The number of hydrogen-bond donors (Lipinski definition) is 0. The van der Waals surface area contributed by atoms with E-state index in [-0.39, 0.29) is 0 Å². The monoisotopic (exact) mass is 317 g/mol. The summed E-state index contributed by atoms with van der Waals surface area (Å²) in [5, 5.41) is 0. The van der Waals surface area contributed by atoms with Crippen molar-refractivity contribution in [1.29, 1.82) is 0 Å². The fraction of sp³-hybridized carbons (Fsp3) is 0.364. The van der Waals surface area contributed by atoms with Crippen LogP contribution in [0.25, 0.3) is 0 Å². The van der Waals surface area contributed by atoms with Crippen LogP contribution in [-0.2, 0) is 4.33 Å². The standard InChI is InChI=1S/C11H10Cl5/c1-2-3-8-4-6-9(7-5-8)10(12,13)11(14,15)16/h3-7H,2H2,1H3. The first-order valence-electron chi connectivity index (χ1n) is 4.67. The molecule has 0 saturated carbocycles. The Hall–Kier alpha value is 0.670. The zero-order chi connectivity index (χ0) is 12.4. The minimum Gasteiger partial charge on any atom is -0.0915 e. The Morgan fingerprint density at radius 2 is 1.50 bits per heavy atom. The summed E-state index contributed by atoms with van der Waals surface area (Å²) < 4.78 is -3.32. The van der Waals surface area contributed by atoms with Gasteiger partial charge in [0.2, 0.25) is 3.79 Å². The molecule has 1 aromatic carbocycles. The number of hydrogen-bond acceptors (Lipinski definition) is 0. The summed E-state index contributed by atoms with van der Waals surface area (Å²) in [6, 6.07) is 7.27. The van der Waals surface area contributed by atoms with Crippen molar-refractivity contribution in [3.05, 3.63) is 41.8 Å². The van der Waals surface area contributed by atoms with E-state index in [1.807, 2.05) is 12.1 Å². The topological polar surface area (TPSA) is 0 Å².